The minimum absolute atomic E-state index is 0. The molecular formula is C16H12BLiS4. The molecule has 4 aromatic rings. The number of hydrogen-bond acceptors (Lipinski definition) is 4. The van der Waals surface area contributed by atoms with Crippen molar-refractivity contribution in [3.63, 3.8) is 0 Å². The fraction of sp³-hybridized carbons (Fsp3) is 0. The van der Waals surface area contributed by atoms with Gasteiger partial charge in [-0.05, 0) is 21.5 Å². The van der Waals surface area contributed by atoms with Gasteiger partial charge in [0.05, 0.1) is 0 Å². The van der Waals surface area contributed by atoms with Gasteiger partial charge in [-0.3, -0.25) is 0 Å². The van der Waals surface area contributed by atoms with E-state index < -0.39 is 6.15 Å². The Bertz CT molecular complexity index is 644. The molecule has 0 saturated carbocycles. The van der Waals surface area contributed by atoms with Crippen LogP contribution in [0.3, 0.4) is 0 Å². The zero-order valence-corrected chi connectivity index (χ0v) is 15.4. The Labute approximate surface area is 158 Å². The summed E-state index contributed by atoms with van der Waals surface area (Å²) in [5, 5.41) is 8.78. The average molecular weight is 350 g/mol. The van der Waals surface area contributed by atoms with Crippen LogP contribution in [-0.2, 0) is 0 Å². The van der Waals surface area contributed by atoms with E-state index in [0.29, 0.717) is 0 Å². The van der Waals surface area contributed by atoms with Crippen LogP contribution in [0.15, 0.2) is 70.1 Å². The van der Waals surface area contributed by atoms with Gasteiger partial charge in [-0.1, -0.05) is 48.5 Å². The quantitative estimate of drug-likeness (QED) is 0.465. The predicted molar refractivity (Wildman–Crippen MR) is 102 cm³/mol. The monoisotopic (exact) mass is 350 g/mol. The summed E-state index contributed by atoms with van der Waals surface area (Å²) in [5.41, 5.74) is 0. The summed E-state index contributed by atoms with van der Waals surface area (Å²) in [4.78, 5) is 0. The molecule has 4 heterocycles. The van der Waals surface area contributed by atoms with Crippen LogP contribution in [0.25, 0.3) is 0 Å². The molecule has 0 N–H and O–H groups in total. The first-order chi connectivity index (χ1) is 10.4. The number of thiophene rings is 4. The maximum absolute atomic E-state index is 2.30. The van der Waals surface area contributed by atoms with E-state index in [-0.39, 0.29) is 18.9 Å². The Hall–Kier alpha value is -0.538. The van der Waals surface area contributed by atoms with Crippen molar-refractivity contribution in [2.45, 2.75) is 0 Å². The first kappa shape index (κ1) is 16.3. The molecular weight excluding hydrogens is 338 g/mol. The van der Waals surface area contributed by atoms with E-state index in [1.807, 2.05) is 45.3 Å². The van der Waals surface area contributed by atoms with Gasteiger partial charge in [-0.25, -0.2) is 0 Å². The summed E-state index contributed by atoms with van der Waals surface area (Å²) in [6.45, 7) is 0. The zero-order valence-electron chi connectivity index (χ0n) is 12.1. The van der Waals surface area contributed by atoms with Crippen LogP contribution < -0.4 is 38.0 Å². The van der Waals surface area contributed by atoms with Crippen LogP contribution in [0.4, 0.5) is 0 Å². The average Bonchev–Trinajstić information content (AvgIpc) is 3.32. The first-order valence-corrected chi connectivity index (χ1v) is 10.3. The normalized spacial score (nSPS) is 11.3. The minimum atomic E-state index is -0.981. The van der Waals surface area contributed by atoms with Crippen LogP contribution in [0.1, 0.15) is 0 Å². The van der Waals surface area contributed by atoms with Crippen molar-refractivity contribution in [2.24, 2.45) is 0 Å². The van der Waals surface area contributed by atoms with Gasteiger partial charge >= 0.3 is 18.9 Å². The van der Waals surface area contributed by atoms with Crippen LogP contribution in [0, 0.1) is 0 Å². The van der Waals surface area contributed by atoms with Crippen LogP contribution in [-0.4, -0.2) is 6.15 Å². The van der Waals surface area contributed by atoms with Crippen molar-refractivity contribution < 1.29 is 18.9 Å². The summed E-state index contributed by atoms with van der Waals surface area (Å²) < 4.78 is 5.84. The standard InChI is InChI=1S/C16H12BS4.Li/c1-5-13(18-9-1)17(14-6-2-10-19-14,15-7-3-11-20-15)16-8-4-12-21-16;/h1-12H;/q-1;+1. The molecule has 4 rings (SSSR count). The van der Waals surface area contributed by atoms with E-state index in [4.69, 9.17) is 0 Å². The van der Waals surface area contributed by atoms with Gasteiger partial charge in [0.15, 0.2) is 0 Å². The van der Waals surface area contributed by atoms with Crippen molar-refractivity contribution in [1.29, 1.82) is 0 Å². The second-order valence-electron chi connectivity index (χ2n) is 4.93. The van der Waals surface area contributed by atoms with Crippen molar-refractivity contribution in [1.82, 2.24) is 0 Å². The fourth-order valence-electron chi connectivity index (χ4n) is 2.99. The van der Waals surface area contributed by atoms with Gasteiger partial charge in [0.2, 0.25) is 0 Å². The second-order valence-corrected chi connectivity index (χ2v) is 8.84. The Balaban J connectivity index is 0.00000144. The molecule has 0 unspecified atom stereocenters. The van der Waals surface area contributed by atoms with E-state index in [9.17, 15) is 0 Å². The molecule has 0 nitrogen and oxygen atoms in total. The zero-order chi connectivity index (χ0) is 14.1. The minimum Gasteiger partial charge on any atom is -0.190 e. The molecule has 22 heavy (non-hydrogen) atoms. The van der Waals surface area contributed by atoms with E-state index in [2.05, 4.69) is 70.1 Å². The largest absolute Gasteiger partial charge is 1.00 e. The molecule has 0 amide bonds. The topological polar surface area (TPSA) is 0 Å². The van der Waals surface area contributed by atoms with Crippen molar-refractivity contribution in [3.8, 4) is 0 Å². The number of rotatable bonds is 4. The van der Waals surface area contributed by atoms with Crippen molar-refractivity contribution >= 4 is 70.6 Å². The molecule has 6 heteroatoms. The molecule has 4 aromatic heterocycles. The summed E-state index contributed by atoms with van der Waals surface area (Å²) in [7, 11) is 0. The third-order valence-corrected chi connectivity index (χ3v) is 8.10. The van der Waals surface area contributed by atoms with Gasteiger partial charge in [-0.2, -0.15) is 45.3 Å². The van der Waals surface area contributed by atoms with Crippen LogP contribution in [0.5, 0.6) is 0 Å². The van der Waals surface area contributed by atoms with Crippen LogP contribution >= 0.6 is 45.3 Å². The summed E-state index contributed by atoms with van der Waals surface area (Å²) in [6.07, 6.45) is -0.981. The molecule has 104 valence electrons. The molecule has 0 bridgehead atoms. The van der Waals surface area contributed by atoms with Gasteiger partial charge in [0, 0.05) is 0 Å². The fourth-order valence-corrected chi connectivity index (χ4v) is 7.67. The summed E-state index contributed by atoms with van der Waals surface area (Å²) in [6, 6.07) is 17.9. The smallest absolute Gasteiger partial charge is 0.190 e. The SMILES string of the molecule is [Li+].c1csc([B-](c2cccs2)(c2cccs2)c2cccs2)c1. The maximum atomic E-state index is 2.30. The molecule has 0 aliphatic heterocycles. The Kier molecular flexibility index (Phi) is 5.14. The number of hydrogen-bond donors (Lipinski definition) is 0. The molecule has 0 atom stereocenters. The third-order valence-electron chi connectivity index (χ3n) is 3.88. The Morgan fingerprint density at radius 2 is 0.773 bits per heavy atom. The van der Waals surface area contributed by atoms with Gasteiger partial charge in [0.25, 0.3) is 0 Å². The first-order valence-electron chi connectivity index (χ1n) is 6.74. The molecule has 0 aliphatic rings. The Morgan fingerprint density at radius 3 is 0.955 bits per heavy atom. The van der Waals surface area contributed by atoms with E-state index in [1.54, 1.807) is 0 Å². The van der Waals surface area contributed by atoms with E-state index in [0.717, 1.165) is 0 Å². The summed E-state index contributed by atoms with van der Waals surface area (Å²) in [5.74, 6) is 0. The van der Waals surface area contributed by atoms with Gasteiger partial charge < -0.3 is 0 Å². The molecule has 0 spiro atoms. The predicted octanol–water partition coefficient (Wildman–Crippen LogP) is 0.314. The van der Waals surface area contributed by atoms with Crippen molar-refractivity contribution in [3.05, 3.63) is 70.1 Å². The molecule has 0 aliphatic carbocycles. The molecule has 0 saturated heterocycles. The molecule has 0 aromatic carbocycles. The Morgan fingerprint density at radius 1 is 0.500 bits per heavy atom. The van der Waals surface area contributed by atoms with Gasteiger partial charge in [-0.15, -0.1) is 19.1 Å². The molecule has 0 fully saturated rings. The third kappa shape index (κ3) is 2.50. The second kappa shape index (κ2) is 6.92. The van der Waals surface area contributed by atoms with E-state index >= 15 is 0 Å². The van der Waals surface area contributed by atoms with Gasteiger partial charge in [0.1, 0.15) is 6.15 Å². The molecule has 0 radical (unpaired) electrons. The van der Waals surface area contributed by atoms with Crippen LogP contribution in [0.2, 0.25) is 0 Å². The van der Waals surface area contributed by atoms with Crippen molar-refractivity contribution in [2.75, 3.05) is 0 Å². The summed E-state index contributed by atoms with van der Waals surface area (Å²) >= 11 is 7.49. The van der Waals surface area contributed by atoms with E-state index in [1.165, 1.54) is 19.1 Å². The maximum Gasteiger partial charge on any atom is 1.00 e.